The average molecular weight is 416 g/mol. The molecule has 0 saturated heterocycles. The van der Waals surface area contributed by atoms with Gasteiger partial charge >= 0.3 is 6.03 Å². The van der Waals surface area contributed by atoms with Crippen molar-refractivity contribution in [2.24, 2.45) is 0 Å². The fraction of sp³-hybridized carbons (Fsp3) is 0.231. The molecule has 0 saturated carbocycles. The van der Waals surface area contributed by atoms with E-state index in [9.17, 15) is 9.59 Å². The molecule has 3 aromatic carbocycles. The summed E-state index contributed by atoms with van der Waals surface area (Å²) in [5.41, 5.74) is 2.95. The van der Waals surface area contributed by atoms with Gasteiger partial charge in [0, 0.05) is 31.5 Å². The first kappa shape index (κ1) is 22.1. The van der Waals surface area contributed by atoms with Gasteiger partial charge in [-0.3, -0.25) is 4.79 Å². The van der Waals surface area contributed by atoms with Gasteiger partial charge in [0.1, 0.15) is 0 Å². The van der Waals surface area contributed by atoms with E-state index in [0.29, 0.717) is 13.1 Å². The van der Waals surface area contributed by atoms with E-state index in [4.69, 9.17) is 0 Å². The third-order valence-electron chi connectivity index (χ3n) is 5.39. The lowest BCUT2D eigenvalue weighted by molar-refractivity contribution is -0.121. The first-order valence-electron chi connectivity index (χ1n) is 10.5. The van der Waals surface area contributed by atoms with Gasteiger partial charge in [0.05, 0.1) is 0 Å². The third-order valence-corrected chi connectivity index (χ3v) is 5.39. The summed E-state index contributed by atoms with van der Waals surface area (Å²) in [5, 5.41) is 8.56. The molecule has 5 nitrogen and oxygen atoms in total. The second kappa shape index (κ2) is 11.0. The Hall–Kier alpha value is -3.60. The van der Waals surface area contributed by atoms with Crippen LogP contribution in [0.3, 0.4) is 0 Å². The van der Waals surface area contributed by atoms with E-state index in [-0.39, 0.29) is 30.3 Å². The van der Waals surface area contributed by atoms with Gasteiger partial charge in [-0.25, -0.2) is 4.79 Å². The number of benzene rings is 3. The minimum Gasteiger partial charge on any atom is -0.355 e. The fourth-order valence-corrected chi connectivity index (χ4v) is 3.48. The molecular weight excluding hydrogens is 386 g/mol. The molecule has 0 bridgehead atoms. The second-order valence-corrected chi connectivity index (χ2v) is 7.69. The minimum atomic E-state index is -0.349. The van der Waals surface area contributed by atoms with Gasteiger partial charge in [-0.2, -0.15) is 0 Å². The molecule has 0 heterocycles. The molecule has 0 radical (unpaired) electrons. The topological polar surface area (TPSA) is 70.2 Å². The van der Waals surface area contributed by atoms with Crippen molar-refractivity contribution in [3.05, 3.63) is 108 Å². The first-order valence-corrected chi connectivity index (χ1v) is 10.5. The van der Waals surface area contributed by atoms with Crippen LogP contribution < -0.4 is 16.0 Å². The largest absolute Gasteiger partial charge is 0.355 e. The Bertz CT molecular complexity index is 920. The van der Waals surface area contributed by atoms with Crippen LogP contribution in [0.2, 0.25) is 0 Å². The molecule has 5 heteroatoms. The summed E-state index contributed by atoms with van der Waals surface area (Å²) in [6.07, 6.45) is 0.221. The molecule has 0 aromatic heterocycles. The highest BCUT2D eigenvalue weighted by Gasteiger charge is 2.29. The lowest BCUT2D eigenvalue weighted by Crippen LogP contribution is -2.41. The van der Waals surface area contributed by atoms with Gasteiger partial charge in [-0.15, -0.1) is 0 Å². The first-order chi connectivity index (χ1) is 15.1. The van der Waals surface area contributed by atoms with Crippen LogP contribution >= 0.6 is 0 Å². The Morgan fingerprint density at radius 1 is 0.710 bits per heavy atom. The van der Waals surface area contributed by atoms with Crippen molar-refractivity contribution >= 4 is 11.9 Å². The highest BCUT2D eigenvalue weighted by molar-refractivity contribution is 5.78. The van der Waals surface area contributed by atoms with Crippen molar-refractivity contribution in [1.29, 1.82) is 0 Å². The normalized spacial score (nSPS) is 10.9. The maximum Gasteiger partial charge on any atom is 0.315 e. The molecular formula is C26H29N3O2. The number of hydrogen-bond donors (Lipinski definition) is 3. The summed E-state index contributed by atoms with van der Waals surface area (Å²) >= 11 is 0. The average Bonchev–Trinajstić information content (AvgIpc) is 2.83. The molecule has 3 amide bonds. The number of hydrogen-bond acceptors (Lipinski definition) is 2. The van der Waals surface area contributed by atoms with Crippen LogP contribution in [0.15, 0.2) is 91.0 Å². The summed E-state index contributed by atoms with van der Waals surface area (Å²) < 4.78 is 0. The molecule has 3 N–H and O–H groups in total. The molecule has 31 heavy (non-hydrogen) atoms. The Morgan fingerprint density at radius 3 is 1.77 bits per heavy atom. The zero-order valence-corrected chi connectivity index (χ0v) is 17.8. The van der Waals surface area contributed by atoms with Crippen LogP contribution in [0.4, 0.5) is 4.79 Å². The monoisotopic (exact) mass is 415 g/mol. The third kappa shape index (κ3) is 6.44. The summed E-state index contributed by atoms with van der Waals surface area (Å²) in [4.78, 5) is 24.4. The maximum atomic E-state index is 12.4. The molecule has 3 aromatic rings. The molecule has 0 aliphatic carbocycles. The summed E-state index contributed by atoms with van der Waals surface area (Å²) in [6, 6.07) is 29.7. The Morgan fingerprint density at radius 2 is 1.23 bits per heavy atom. The fourth-order valence-electron chi connectivity index (χ4n) is 3.48. The van der Waals surface area contributed by atoms with Crippen molar-refractivity contribution in [2.75, 3.05) is 13.1 Å². The van der Waals surface area contributed by atoms with E-state index in [1.165, 1.54) is 0 Å². The Labute approximate surface area is 183 Å². The number of carbonyl (C=O) groups is 2. The predicted molar refractivity (Wildman–Crippen MR) is 124 cm³/mol. The van der Waals surface area contributed by atoms with E-state index in [1.807, 2.05) is 66.7 Å². The van der Waals surface area contributed by atoms with Gasteiger partial charge in [0.2, 0.25) is 5.91 Å². The standard InChI is InChI=1S/C26H29N3O2/c1-26(22-13-7-3-8-14-22,23-15-9-4-10-16-23)20-29-24(30)17-18-27-25(31)28-19-21-11-5-2-6-12-21/h2-16H,17-20H2,1H3,(H,29,30)(H2,27,28,31). The molecule has 0 atom stereocenters. The Kier molecular flexibility index (Phi) is 7.82. The van der Waals surface area contributed by atoms with E-state index in [0.717, 1.165) is 16.7 Å². The van der Waals surface area contributed by atoms with Crippen molar-refractivity contribution in [2.45, 2.75) is 25.3 Å². The van der Waals surface area contributed by atoms with Crippen LogP contribution in [-0.4, -0.2) is 25.0 Å². The van der Waals surface area contributed by atoms with Crippen molar-refractivity contribution in [1.82, 2.24) is 16.0 Å². The number of urea groups is 1. The van der Waals surface area contributed by atoms with Crippen LogP contribution in [-0.2, 0) is 16.8 Å². The second-order valence-electron chi connectivity index (χ2n) is 7.69. The quantitative estimate of drug-likeness (QED) is 0.494. The van der Waals surface area contributed by atoms with E-state index in [1.54, 1.807) is 0 Å². The Balaban J connectivity index is 1.48. The van der Waals surface area contributed by atoms with Crippen LogP contribution in [0.1, 0.15) is 30.0 Å². The van der Waals surface area contributed by atoms with Gasteiger partial charge in [0.25, 0.3) is 0 Å². The molecule has 3 rings (SSSR count). The van der Waals surface area contributed by atoms with E-state index >= 15 is 0 Å². The molecule has 0 fully saturated rings. The van der Waals surface area contributed by atoms with Gasteiger partial charge in [0.15, 0.2) is 0 Å². The smallest absolute Gasteiger partial charge is 0.315 e. The molecule has 160 valence electrons. The zero-order chi connectivity index (χ0) is 21.9. The summed E-state index contributed by atoms with van der Waals surface area (Å²) in [6.45, 7) is 3.33. The maximum absolute atomic E-state index is 12.4. The zero-order valence-electron chi connectivity index (χ0n) is 17.8. The highest BCUT2D eigenvalue weighted by atomic mass is 16.2. The number of rotatable bonds is 9. The van der Waals surface area contributed by atoms with Gasteiger partial charge in [-0.1, -0.05) is 91.0 Å². The van der Waals surface area contributed by atoms with E-state index in [2.05, 4.69) is 47.1 Å². The summed E-state index contributed by atoms with van der Waals surface area (Å²) in [5.74, 6) is -0.0959. The predicted octanol–water partition coefficient (Wildman–Crippen LogP) is 4.00. The van der Waals surface area contributed by atoms with Crippen molar-refractivity contribution < 1.29 is 9.59 Å². The van der Waals surface area contributed by atoms with Gasteiger partial charge < -0.3 is 16.0 Å². The van der Waals surface area contributed by atoms with E-state index < -0.39 is 0 Å². The van der Waals surface area contributed by atoms with Crippen LogP contribution in [0, 0.1) is 0 Å². The number of amides is 3. The van der Waals surface area contributed by atoms with Crippen LogP contribution in [0.5, 0.6) is 0 Å². The molecule has 0 aliphatic rings. The number of nitrogens with one attached hydrogen (secondary N) is 3. The molecule has 0 aliphatic heterocycles. The van der Waals surface area contributed by atoms with Crippen molar-refractivity contribution in [3.63, 3.8) is 0 Å². The lowest BCUT2D eigenvalue weighted by atomic mass is 9.76. The van der Waals surface area contributed by atoms with Crippen molar-refractivity contribution in [3.8, 4) is 0 Å². The summed E-state index contributed by atoms with van der Waals surface area (Å²) in [7, 11) is 0. The molecule has 0 unspecified atom stereocenters. The van der Waals surface area contributed by atoms with Gasteiger partial charge in [-0.05, 0) is 23.6 Å². The number of carbonyl (C=O) groups excluding carboxylic acids is 2. The van der Waals surface area contributed by atoms with Crippen LogP contribution in [0.25, 0.3) is 0 Å². The molecule has 0 spiro atoms. The lowest BCUT2D eigenvalue weighted by Gasteiger charge is -2.31. The minimum absolute atomic E-state index is 0.0959. The SMILES string of the molecule is CC(CNC(=O)CCNC(=O)NCc1ccccc1)(c1ccccc1)c1ccccc1. The highest BCUT2D eigenvalue weighted by Crippen LogP contribution is 2.31.